The summed E-state index contributed by atoms with van der Waals surface area (Å²) in [7, 11) is 0. The number of thioether (sulfide) groups is 1. The molecule has 0 spiro atoms. The molecule has 1 rings (SSSR count). The van der Waals surface area contributed by atoms with E-state index >= 15 is 0 Å². The Bertz CT molecular complexity index is 412. The maximum absolute atomic E-state index is 12.9. The first kappa shape index (κ1) is 15.0. The van der Waals surface area contributed by atoms with E-state index in [-0.39, 0.29) is 11.8 Å². The quantitative estimate of drug-likeness (QED) is 0.806. The monoisotopic (exact) mass is 271 g/mol. The molecule has 0 radical (unpaired) electrons. The van der Waals surface area contributed by atoms with Crippen molar-refractivity contribution in [3.05, 3.63) is 35.1 Å². The van der Waals surface area contributed by atoms with Crippen molar-refractivity contribution in [2.24, 2.45) is 5.73 Å². The van der Waals surface area contributed by atoms with Gasteiger partial charge in [0.2, 0.25) is 0 Å². The minimum Gasteiger partial charge on any atom is -0.465 e. The van der Waals surface area contributed by atoms with Crippen molar-refractivity contribution < 1.29 is 13.9 Å². The van der Waals surface area contributed by atoms with Crippen LogP contribution in [0.3, 0.4) is 0 Å². The van der Waals surface area contributed by atoms with E-state index < -0.39 is 6.04 Å². The van der Waals surface area contributed by atoms with E-state index in [1.165, 1.54) is 12.1 Å². The SMILES string of the molecule is CCOC(=O)C(N)CSCc1ccc(F)cc1C. The van der Waals surface area contributed by atoms with E-state index in [0.717, 1.165) is 11.1 Å². The Balaban J connectivity index is 2.39. The summed E-state index contributed by atoms with van der Waals surface area (Å²) in [5.41, 5.74) is 7.64. The summed E-state index contributed by atoms with van der Waals surface area (Å²) in [5.74, 6) is 0.597. The molecule has 2 N–H and O–H groups in total. The first-order valence-electron chi connectivity index (χ1n) is 5.79. The normalized spacial score (nSPS) is 12.2. The molecule has 0 aliphatic heterocycles. The average molecular weight is 271 g/mol. The lowest BCUT2D eigenvalue weighted by Gasteiger charge is -2.11. The van der Waals surface area contributed by atoms with Crippen molar-refractivity contribution in [1.29, 1.82) is 0 Å². The fraction of sp³-hybridized carbons (Fsp3) is 0.462. The minimum absolute atomic E-state index is 0.232. The standard InChI is InChI=1S/C13H18FNO2S/c1-3-17-13(16)12(15)8-18-7-10-4-5-11(14)6-9(10)2/h4-6,12H,3,7-8,15H2,1-2H3. The molecular formula is C13H18FNO2S. The summed E-state index contributed by atoms with van der Waals surface area (Å²) in [6, 6.07) is 4.10. The van der Waals surface area contributed by atoms with E-state index in [9.17, 15) is 9.18 Å². The van der Waals surface area contributed by atoms with Gasteiger partial charge in [-0.15, -0.1) is 0 Å². The Morgan fingerprint density at radius 3 is 2.89 bits per heavy atom. The van der Waals surface area contributed by atoms with Crippen LogP contribution < -0.4 is 5.73 Å². The van der Waals surface area contributed by atoms with Gasteiger partial charge in [-0.1, -0.05) is 6.07 Å². The number of esters is 1. The highest BCUT2D eigenvalue weighted by atomic mass is 32.2. The van der Waals surface area contributed by atoms with Crippen LogP contribution in [-0.2, 0) is 15.3 Å². The molecule has 0 fully saturated rings. The molecular weight excluding hydrogens is 253 g/mol. The van der Waals surface area contributed by atoms with Gasteiger partial charge < -0.3 is 10.5 Å². The number of halogens is 1. The van der Waals surface area contributed by atoms with E-state index in [1.54, 1.807) is 24.8 Å². The Kier molecular flexibility index (Phi) is 6.15. The zero-order valence-corrected chi connectivity index (χ0v) is 11.4. The van der Waals surface area contributed by atoms with Gasteiger partial charge >= 0.3 is 5.97 Å². The van der Waals surface area contributed by atoms with Gasteiger partial charge in [-0.2, -0.15) is 11.8 Å². The third kappa shape index (κ3) is 4.66. The number of rotatable bonds is 6. The zero-order chi connectivity index (χ0) is 13.5. The molecule has 100 valence electrons. The number of benzene rings is 1. The number of hydrogen-bond acceptors (Lipinski definition) is 4. The van der Waals surface area contributed by atoms with Crippen LogP contribution in [0.1, 0.15) is 18.1 Å². The summed E-state index contributed by atoms with van der Waals surface area (Å²) < 4.78 is 17.7. The fourth-order valence-electron chi connectivity index (χ4n) is 1.43. The van der Waals surface area contributed by atoms with Crippen molar-refractivity contribution in [1.82, 2.24) is 0 Å². The van der Waals surface area contributed by atoms with Gasteiger partial charge in [0.1, 0.15) is 11.9 Å². The lowest BCUT2D eigenvalue weighted by molar-refractivity contribution is -0.144. The summed E-state index contributed by atoms with van der Waals surface area (Å²) in [6.45, 7) is 3.96. The van der Waals surface area contributed by atoms with Crippen LogP contribution in [0.2, 0.25) is 0 Å². The molecule has 0 aromatic heterocycles. The Morgan fingerprint density at radius 2 is 2.28 bits per heavy atom. The number of aryl methyl sites for hydroxylation is 1. The number of carbonyl (C=O) groups excluding carboxylic acids is 1. The van der Waals surface area contributed by atoms with E-state index in [0.29, 0.717) is 18.1 Å². The lowest BCUT2D eigenvalue weighted by Crippen LogP contribution is -2.34. The van der Waals surface area contributed by atoms with E-state index in [1.807, 2.05) is 6.92 Å². The summed E-state index contributed by atoms with van der Waals surface area (Å²) >= 11 is 1.54. The molecule has 0 aliphatic rings. The lowest BCUT2D eigenvalue weighted by atomic mass is 10.1. The van der Waals surface area contributed by atoms with Gasteiger partial charge in [0.15, 0.2) is 0 Å². The molecule has 1 unspecified atom stereocenters. The topological polar surface area (TPSA) is 52.3 Å². The molecule has 0 bridgehead atoms. The molecule has 1 atom stereocenters. The molecule has 0 aliphatic carbocycles. The van der Waals surface area contributed by atoms with Crippen LogP contribution in [0.25, 0.3) is 0 Å². The third-order valence-corrected chi connectivity index (χ3v) is 3.56. The van der Waals surface area contributed by atoms with Gasteiger partial charge in [-0.3, -0.25) is 4.79 Å². The molecule has 0 amide bonds. The number of ether oxygens (including phenoxy) is 1. The highest BCUT2D eigenvalue weighted by molar-refractivity contribution is 7.98. The van der Waals surface area contributed by atoms with Crippen LogP contribution in [0.5, 0.6) is 0 Å². The second kappa shape index (κ2) is 7.38. The van der Waals surface area contributed by atoms with Crippen LogP contribution in [0.15, 0.2) is 18.2 Å². The van der Waals surface area contributed by atoms with Crippen LogP contribution in [0, 0.1) is 12.7 Å². The zero-order valence-electron chi connectivity index (χ0n) is 10.6. The largest absolute Gasteiger partial charge is 0.465 e. The fourth-order valence-corrected chi connectivity index (χ4v) is 2.49. The smallest absolute Gasteiger partial charge is 0.323 e. The van der Waals surface area contributed by atoms with Crippen LogP contribution in [0.4, 0.5) is 4.39 Å². The molecule has 18 heavy (non-hydrogen) atoms. The van der Waals surface area contributed by atoms with Gasteiger partial charge in [-0.05, 0) is 37.1 Å². The molecule has 0 saturated heterocycles. The first-order chi connectivity index (χ1) is 8.54. The average Bonchev–Trinajstić information content (AvgIpc) is 2.32. The van der Waals surface area contributed by atoms with Crippen molar-refractivity contribution in [3.8, 4) is 0 Å². The van der Waals surface area contributed by atoms with Crippen molar-refractivity contribution in [3.63, 3.8) is 0 Å². The predicted molar refractivity (Wildman–Crippen MR) is 71.9 cm³/mol. The maximum Gasteiger partial charge on any atom is 0.323 e. The van der Waals surface area contributed by atoms with Crippen molar-refractivity contribution in [2.75, 3.05) is 12.4 Å². The molecule has 0 heterocycles. The molecule has 0 saturated carbocycles. The van der Waals surface area contributed by atoms with Crippen molar-refractivity contribution in [2.45, 2.75) is 25.6 Å². The van der Waals surface area contributed by atoms with Gasteiger partial charge in [-0.25, -0.2) is 4.39 Å². The Hall–Kier alpha value is -1.07. The summed E-state index contributed by atoms with van der Waals surface area (Å²) in [4.78, 5) is 11.3. The third-order valence-electron chi connectivity index (χ3n) is 2.45. The number of nitrogens with two attached hydrogens (primary N) is 1. The van der Waals surface area contributed by atoms with E-state index in [4.69, 9.17) is 10.5 Å². The highest BCUT2D eigenvalue weighted by Crippen LogP contribution is 2.17. The second-order valence-electron chi connectivity index (χ2n) is 3.94. The van der Waals surface area contributed by atoms with Gasteiger partial charge in [0.25, 0.3) is 0 Å². The molecule has 5 heteroatoms. The van der Waals surface area contributed by atoms with Gasteiger partial charge in [0.05, 0.1) is 6.61 Å². The van der Waals surface area contributed by atoms with Crippen molar-refractivity contribution >= 4 is 17.7 Å². The van der Waals surface area contributed by atoms with Crippen LogP contribution >= 0.6 is 11.8 Å². The second-order valence-corrected chi connectivity index (χ2v) is 4.97. The highest BCUT2D eigenvalue weighted by Gasteiger charge is 2.14. The summed E-state index contributed by atoms with van der Waals surface area (Å²) in [5, 5.41) is 0. The van der Waals surface area contributed by atoms with Crippen LogP contribution in [-0.4, -0.2) is 24.4 Å². The first-order valence-corrected chi connectivity index (χ1v) is 6.95. The van der Waals surface area contributed by atoms with E-state index in [2.05, 4.69) is 0 Å². The Labute approximate surface area is 111 Å². The van der Waals surface area contributed by atoms with Gasteiger partial charge in [0, 0.05) is 11.5 Å². The molecule has 1 aromatic rings. The maximum atomic E-state index is 12.9. The Morgan fingerprint density at radius 1 is 1.56 bits per heavy atom. The minimum atomic E-state index is -0.601. The summed E-state index contributed by atoms with van der Waals surface area (Å²) in [6.07, 6.45) is 0. The number of carbonyl (C=O) groups is 1. The number of hydrogen-bond donors (Lipinski definition) is 1. The molecule has 1 aromatic carbocycles. The molecule has 3 nitrogen and oxygen atoms in total. The predicted octanol–water partition coefficient (Wildman–Crippen LogP) is 2.26.